The average molecular weight is 331 g/mol. The van der Waals surface area contributed by atoms with Crippen LogP contribution in [0.5, 0.6) is 0 Å². The summed E-state index contributed by atoms with van der Waals surface area (Å²) in [4.78, 5) is 3.19. The van der Waals surface area contributed by atoms with Gasteiger partial charge in [0.15, 0.2) is 0 Å². The molecule has 1 aromatic heterocycles. The van der Waals surface area contributed by atoms with Crippen LogP contribution >= 0.6 is 28.1 Å². The molecule has 0 aliphatic heterocycles. The van der Waals surface area contributed by atoms with Gasteiger partial charge in [0.25, 0.3) is 0 Å². The zero-order valence-electron chi connectivity index (χ0n) is 10.1. The highest BCUT2D eigenvalue weighted by Crippen LogP contribution is 2.40. The van der Waals surface area contributed by atoms with E-state index in [1.807, 2.05) is 24.3 Å². The first-order valence-electron chi connectivity index (χ1n) is 6.12. The highest BCUT2D eigenvalue weighted by atomic mass is 79.9. The zero-order valence-corrected chi connectivity index (χ0v) is 12.5. The van der Waals surface area contributed by atoms with Crippen LogP contribution in [0.3, 0.4) is 0 Å². The fourth-order valence-corrected chi connectivity index (χ4v) is 2.70. The van der Waals surface area contributed by atoms with Gasteiger partial charge in [0.2, 0.25) is 0 Å². The molecule has 1 saturated carbocycles. The third-order valence-corrected chi connectivity index (χ3v) is 4.17. The molecule has 2 nitrogen and oxygen atoms in total. The van der Waals surface area contributed by atoms with E-state index in [0.717, 1.165) is 21.3 Å². The summed E-state index contributed by atoms with van der Waals surface area (Å²) >= 11 is 8.74. The first kappa shape index (κ1) is 12.6. The van der Waals surface area contributed by atoms with Gasteiger partial charge in [0.1, 0.15) is 10.7 Å². The van der Waals surface area contributed by atoms with E-state index in [9.17, 15) is 5.26 Å². The van der Waals surface area contributed by atoms with Gasteiger partial charge in [-0.25, -0.2) is 0 Å². The number of aromatic nitrogens is 1. The molecule has 0 radical (unpaired) electrons. The predicted molar refractivity (Wildman–Crippen MR) is 81.5 cm³/mol. The fraction of sp³-hybridized carbons (Fsp3) is 0.200. The van der Waals surface area contributed by atoms with Gasteiger partial charge in [-0.05, 0) is 42.5 Å². The topological polar surface area (TPSA) is 39.6 Å². The molecule has 0 atom stereocenters. The molecule has 4 heteroatoms. The lowest BCUT2D eigenvalue weighted by Crippen LogP contribution is -1.94. The van der Waals surface area contributed by atoms with Crippen molar-refractivity contribution in [3.8, 4) is 17.2 Å². The fourth-order valence-electron chi connectivity index (χ4n) is 2.16. The van der Waals surface area contributed by atoms with Crippen LogP contribution in [0.4, 0.5) is 0 Å². The summed E-state index contributed by atoms with van der Waals surface area (Å²) in [7, 11) is 0. The number of pyridine rings is 1. The van der Waals surface area contributed by atoms with Crippen LogP contribution in [0.2, 0.25) is 0 Å². The van der Waals surface area contributed by atoms with Crippen LogP contribution in [-0.4, -0.2) is 4.98 Å². The molecule has 1 fully saturated rings. The van der Waals surface area contributed by atoms with Crippen LogP contribution in [0.1, 0.15) is 30.0 Å². The van der Waals surface area contributed by atoms with E-state index >= 15 is 0 Å². The number of hydrogen-bond donors (Lipinski definition) is 1. The number of benzene rings is 1. The Morgan fingerprint density at radius 1 is 1.26 bits per heavy atom. The molecule has 3 rings (SSSR count). The monoisotopic (exact) mass is 330 g/mol. The smallest absolute Gasteiger partial charge is 0.122 e. The van der Waals surface area contributed by atoms with Crippen molar-refractivity contribution in [3.63, 3.8) is 0 Å². The summed E-state index contributed by atoms with van der Waals surface area (Å²) in [5, 5.41) is 9.31. The third-order valence-electron chi connectivity index (χ3n) is 3.34. The average Bonchev–Trinajstić information content (AvgIpc) is 3.23. The summed E-state index contributed by atoms with van der Waals surface area (Å²) in [6.07, 6.45) is 2.41. The molecule has 0 bridgehead atoms. The second-order valence-electron chi connectivity index (χ2n) is 4.74. The van der Waals surface area contributed by atoms with E-state index in [-0.39, 0.29) is 0 Å². The summed E-state index contributed by atoms with van der Waals surface area (Å²) in [5.74, 6) is 0.587. The van der Waals surface area contributed by atoms with E-state index in [1.165, 1.54) is 12.8 Å². The SMILES string of the molecule is N#Cc1c(-c2ccc(Br)cc2)cc(C2CC2)[nH]c1=S. The number of hydrogen-bond acceptors (Lipinski definition) is 2. The first-order chi connectivity index (χ1) is 9.19. The van der Waals surface area contributed by atoms with Crippen molar-refractivity contribution in [1.82, 2.24) is 4.98 Å². The van der Waals surface area contributed by atoms with Gasteiger partial charge in [0, 0.05) is 15.7 Å². The largest absolute Gasteiger partial charge is 0.349 e. The Labute approximate surface area is 125 Å². The molecule has 1 aliphatic carbocycles. The minimum absolute atomic E-state index is 0.546. The van der Waals surface area contributed by atoms with Crippen molar-refractivity contribution in [2.45, 2.75) is 18.8 Å². The van der Waals surface area contributed by atoms with Crippen molar-refractivity contribution in [3.05, 3.63) is 50.7 Å². The van der Waals surface area contributed by atoms with Crippen molar-refractivity contribution < 1.29 is 0 Å². The van der Waals surface area contributed by atoms with E-state index in [4.69, 9.17) is 12.2 Å². The van der Waals surface area contributed by atoms with Crippen molar-refractivity contribution in [2.24, 2.45) is 0 Å². The minimum atomic E-state index is 0.546. The third kappa shape index (κ3) is 2.49. The number of aromatic amines is 1. The van der Waals surface area contributed by atoms with Crippen LogP contribution in [-0.2, 0) is 0 Å². The molecule has 0 amide bonds. The Kier molecular flexibility index (Phi) is 3.26. The molecule has 19 heavy (non-hydrogen) atoms. The van der Waals surface area contributed by atoms with Gasteiger partial charge < -0.3 is 4.98 Å². The Bertz CT molecular complexity index is 721. The van der Waals surface area contributed by atoms with Crippen molar-refractivity contribution >= 4 is 28.1 Å². The second kappa shape index (κ2) is 4.92. The van der Waals surface area contributed by atoms with E-state index in [2.05, 4.69) is 33.0 Å². The zero-order chi connectivity index (χ0) is 13.4. The Balaban J connectivity index is 2.20. The Hall–Kier alpha value is -1.44. The maximum absolute atomic E-state index is 9.31. The number of nitrogens with one attached hydrogen (secondary N) is 1. The molecular weight excluding hydrogens is 320 g/mol. The van der Waals surface area contributed by atoms with Crippen LogP contribution in [0.15, 0.2) is 34.8 Å². The normalized spacial score (nSPS) is 14.1. The molecule has 0 saturated heterocycles. The van der Waals surface area contributed by atoms with Gasteiger partial charge in [-0.15, -0.1) is 0 Å². The van der Waals surface area contributed by atoms with Gasteiger partial charge in [0.05, 0.1) is 5.56 Å². The summed E-state index contributed by atoms with van der Waals surface area (Å²) < 4.78 is 1.57. The standard InChI is InChI=1S/C15H11BrN2S/c16-11-5-3-9(4-6-11)12-7-14(10-1-2-10)18-15(19)13(12)8-17/h3-7,10H,1-2H2,(H,18,19). The second-order valence-corrected chi connectivity index (χ2v) is 6.06. The van der Waals surface area contributed by atoms with Crippen LogP contribution in [0, 0.1) is 16.0 Å². The summed E-state index contributed by atoms with van der Waals surface area (Å²) in [6, 6.07) is 12.3. The van der Waals surface area contributed by atoms with E-state index in [1.54, 1.807) is 0 Å². The highest BCUT2D eigenvalue weighted by molar-refractivity contribution is 9.10. The van der Waals surface area contributed by atoms with E-state index in [0.29, 0.717) is 16.1 Å². The summed E-state index contributed by atoms with van der Waals surface area (Å²) in [5.41, 5.74) is 3.67. The van der Waals surface area contributed by atoms with Crippen molar-refractivity contribution in [1.29, 1.82) is 5.26 Å². The molecule has 0 unspecified atom stereocenters. The lowest BCUT2D eigenvalue weighted by atomic mass is 10.0. The quantitative estimate of drug-likeness (QED) is 0.793. The molecule has 0 spiro atoms. The Morgan fingerprint density at radius 3 is 2.53 bits per heavy atom. The van der Waals surface area contributed by atoms with Gasteiger partial charge in [-0.3, -0.25) is 0 Å². The number of nitrogens with zero attached hydrogens (tertiary/aromatic N) is 1. The van der Waals surface area contributed by atoms with Gasteiger partial charge in [-0.1, -0.05) is 40.3 Å². The lowest BCUT2D eigenvalue weighted by molar-refractivity contribution is 1.01. The molecule has 1 aliphatic rings. The Morgan fingerprint density at radius 2 is 1.95 bits per heavy atom. The maximum Gasteiger partial charge on any atom is 0.122 e. The van der Waals surface area contributed by atoms with E-state index < -0.39 is 0 Å². The maximum atomic E-state index is 9.31. The van der Waals surface area contributed by atoms with Crippen LogP contribution in [0.25, 0.3) is 11.1 Å². The van der Waals surface area contributed by atoms with Gasteiger partial charge in [-0.2, -0.15) is 5.26 Å². The number of H-pyrrole nitrogens is 1. The minimum Gasteiger partial charge on any atom is -0.349 e. The predicted octanol–water partition coefficient (Wildman–Crippen LogP) is 4.92. The lowest BCUT2D eigenvalue weighted by Gasteiger charge is -2.08. The first-order valence-corrected chi connectivity index (χ1v) is 7.32. The molecule has 94 valence electrons. The molecule has 1 aromatic carbocycles. The van der Waals surface area contributed by atoms with Crippen molar-refractivity contribution in [2.75, 3.05) is 0 Å². The number of halogens is 1. The molecular formula is C15H11BrN2S. The number of rotatable bonds is 2. The molecule has 1 N–H and O–H groups in total. The molecule has 2 aromatic rings. The molecule has 1 heterocycles. The van der Waals surface area contributed by atoms with Crippen LogP contribution < -0.4 is 0 Å². The van der Waals surface area contributed by atoms with Gasteiger partial charge >= 0.3 is 0 Å². The summed E-state index contributed by atoms with van der Waals surface area (Å²) in [6.45, 7) is 0. The number of nitriles is 1. The highest BCUT2D eigenvalue weighted by Gasteiger charge is 2.25.